The number of primary amides is 1. The fourth-order valence-electron chi connectivity index (χ4n) is 1.89. The molecule has 4 heteroatoms. The molecular weight excluding hydrogens is 166 g/mol. The predicted molar refractivity (Wildman–Crippen MR) is 52.3 cm³/mol. The second-order valence-corrected chi connectivity index (χ2v) is 3.93. The van der Waals surface area contributed by atoms with Crippen LogP contribution in [0.2, 0.25) is 0 Å². The quantitative estimate of drug-likeness (QED) is 0.631. The minimum atomic E-state index is -0.226. The van der Waals surface area contributed by atoms with Crippen LogP contribution in [0, 0.1) is 0 Å². The first-order chi connectivity index (χ1) is 6.02. The van der Waals surface area contributed by atoms with Gasteiger partial charge in [-0.2, -0.15) is 0 Å². The van der Waals surface area contributed by atoms with Gasteiger partial charge in [-0.1, -0.05) is 0 Å². The van der Waals surface area contributed by atoms with E-state index in [9.17, 15) is 4.79 Å². The van der Waals surface area contributed by atoms with Crippen molar-refractivity contribution < 1.29 is 4.79 Å². The van der Waals surface area contributed by atoms with E-state index in [0.29, 0.717) is 6.04 Å². The molecule has 1 amide bonds. The summed E-state index contributed by atoms with van der Waals surface area (Å²) in [4.78, 5) is 15.4. The largest absolute Gasteiger partial charge is 0.368 e. The first kappa shape index (κ1) is 10.5. The SMILES string of the molecule is CC(C(N)=O)N1CCN(C)C[C@H]1C. The molecule has 1 aliphatic heterocycles. The summed E-state index contributed by atoms with van der Waals surface area (Å²) >= 11 is 0. The lowest BCUT2D eigenvalue weighted by molar-refractivity contribution is -0.124. The Labute approximate surface area is 79.7 Å². The van der Waals surface area contributed by atoms with Crippen molar-refractivity contribution >= 4 is 5.91 Å². The average Bonchev–Trinajstić information content (AvgIpc) is 2.03. The lowest BCUT2D eigenvalue weighted by Crippen LogP contribution is -2.56. The lowest BCUT2D eigenvalue weighted by Gasteiger charge is -2.40. The van der Waals surface area contributed by atoms with E-state index in [2.05, 4.69) is 23.8 Å². The van der Waals surface area contributed by atoms with Crippen molar-refractivity contribution in [2.24, 2.45) is 5.73 Å². The lowest BCUT2D eigenvalue weighted by atomic mass is 10.1. The van der Waals surface area contributed by atoms with E-state index in [4.69, 9.17) is 5.73 Å². The molecule has 0 bridgehead atoms. The minimum absolute atomic E-state index is 0.135. The first-order valence-corrected chi connectivity index (χ1v) is 4.76. The molecule has 0 aromatic carbocycles. The van der Waals surface area contributed by atoms with E-state index in [1.807, 2.05) is 6.92 Å². The van der Waals surface area contributed by atoms with Gasteiger partial charge >= 0.3 is 0 Å². The van der Waals surface area contributed by atoms with Crippen LogP contribution in [0.5, 0.6) is 0 Å². The number of likely N-dealkylation sites (N-methyl/N-ethyl adjacent to an activating group) is 1. The second kappa shape index (κ2) is 4.07. The molecule has 0 aliphatic carbocycles. The Hall–Kier alpha value is -0.610. The highest BCUT2D eigenvalue weighted by molar-refractivity contribution is 5.79. The summed E-state index contributed by atoms with van der Waals surface area (Å²) in [7, 11) is 2.10. The highest BCUT2D eigenvalue weighted by Gasteiger charge is 2.27. The van der Waals surface area contributed by atoms with Crippen LogP contribution in [0.3, 0.4) is 0 Å². The van der Waals surface area contributed by atoms with E-state index in [-0.39, 0.29) is 11.9 Å². The van der Waals surface area contributed by atoms with Crippen LogP contribution in [-0.2, 0) is 4.79 Å². The van der Waals surface area contributed by atoms with Gasteiger partial charge in [0.2, 0.25) is 5.91 Å². The van der Waals surface area contributed by atoms with E-state index in [1.54, 1.807) is 0 Å². The Bertz CT molecular complexity index is 195. The van der Waals surface area contributed by atoms with Crippen molar-refractivity contribution in [2.75, 3.05) is 26.7 Å². The molecule has 1 rings (SSSR count). The van der Waals surface area contributed by atoms with Gasteiger partial charge in [0.15, 0.2) is 0 Å². The molecule has 0 radical (unpaired) electrons. The summed E-state index contributed by atoms with van der Waals surface area (Å²) in [5.74, 6) is -0.226. The number of nitrogens with zero attached hydrogens (tertiary/aromatic N) is 2. The van der Waals surface area contributed by atoms with E-state index >= 15 is 0 Å². The van der Waals surface area contributed by atoms with Crippen LogP contribution >= 0.6 is 0 Å². The van der Waals surface area contributed by atoms with Crippen molar-refractivity contribution in [3.05, 3.63) is 0 Å². The number of hydrogen-bond acceptors (Lipinski definition) is 3. The number of hydrogen-bond donors (Lipinski definition) is 1. The van der Waals surface area contributed by atoms with Gasteiger partial charge in [-0.3, -0.25) is 9.69 Å². The zero-order valence-electron chi connectivity index (χ0n) is 8.66. The summed E-state index contributed by atoms with van der Waals surface area (Å²) < 4.78 is 0. The maximum absolute atomic E-state index is 11.0. The Balaban J connectivity index is 2.55. The molecule has 1 aliphatic rings. The molecule has 13 heavy (non-hydrogen) atoms. The van der Waals surface area contributed by atoms with E-state index in [1.165, 1.54) is 0 Å². The molecule has 1 unspecified atom stereocenters. The average molecular weight is 185 g/mol. The monoisotopic (exact) mass is 185 g/mol. The summed E-state index contributed by atoms with van der Waals surface area (Å²) in [5.41, 5.74) is 5.27. The Morgan fingerprint density at radius 3 is 2.62 bits per heavy atom. The van der Waals surface area contributed by atoms with Gasteiger partial charge in [-0.05, 0) is 20.9 Å². The van der Waals surface area contributed by atoms with Crippen LogP contribution in [0.4, 0.5) is 0 Å². The molecule has 0 spiro atoms. The Kier molecular flexibility index (Phi) is 3.27. The zero-order chi connectivity index (χ0) is 10.0. The molecule has 1 fully saturated rings. The van der Waals surface area contributed by atoms with Crippen molar-refractivity contribution in [3.8, 4) is 0 Å². The fourth-order valence-corrected chi connectivity index (χ4v) is 1.89. The van der Waals surface area contributed by atoms with Gasteiger partial charge in [0.1, 0.15) is 0 Å². The van der Waals surface area contributed by atoms with Gasteiger partial charge < -0.3 is 10.6 Å². The summed E-state index contributed by atoms with van der Waals surface area (Å²) in [6.07, 6.45) is 0. The number of carbonyl (C=O) groups is 1. The third-order valence-electron chi connectivity index (χ3n) is 2.79. The minimum Gasteiger partial charge on any atom is -0.368 e. The summed E-state index contributed by atoms with van der Waals surface area (Å²) in [6.45, 7) is 6.97. The van der Waals surface area contributed by atoms with Crippen molar-refractivity contribution in [1.29, 1.82) is 0 Å². The molecule has 2 atom stereocenters. The van der Waals surface area contributed by atoms with Crippen molar-refractivity contribution in [2.45, 2.75) is 25.9 Å². The number of amides is 1. The molecule has 0 saturated carbocycles. The number of carbonyl (C=O) groups excluding carboxylic acids is 1. The highest BCUT2D eigenvalue weighted by Crippen LogP contribution is 2.11. The van der Waals surface area contributed by atoms with Gasteiger partial charge in [-0.25, -0.2) is 0 Å². The molecule has 76 valence electrons. The fraction of sp³-hybridized carbons (Fsp3) is 0.889. The molecule has 1 heterocycles. The molecular formula is C9H19N3O. The normalized spacial score (nSPS) is 28.7. The third kappa shape index (κ3) is 2.42. The highest BCUT2D eigenvalue weighted by atomic mass is 16.1. The predicted octanol–water partition coefficient (Wildman–Crippen LogP) is -0.504. The maximum Gasteiger partial charge on any atom is 0.234 e. The summed E-state index contributed by atoms with van der Waals surface area (Å²) in [6, 6.07) is 0.282. The molecule has 1 saturated heterocycles. The van der Waals surface area contributed by atoms with Gasteiger partial charge in [0.25, 0.3) is 0 Å². The Morgan fingerprint density at radius 2 is 2.15 bits per heavy atom. The van der Waals surface area contributed by atoms with Crippen LogP contribution < -0.4 is 5.73 Å². The van der Waals surface area contributed by atoms with Crippen LogP contribution in [-0.4, -0.2) is 54.5 Å². The van der Waals surface area contributed by atoms with E-state index in [0.717, 1.165) is 19.6 Å². The second-order valence-electron chi connectivity index (χ2n) is 3.93. The van der Waals surface area contributed by atoms with Gasteiger partial charge in [0, 0.05) is 25.7 Å². The van der Waals surface area contributed by atoms with Gasteiger partial charge in [-0.15, -0.1) is 0 Å². The molecule has 0 aromatic rings. The van der Waals surface area contributed by atoms with Crippen LogP contribution in [0.15, 0.2) is 0 Å². The zero-order valence-corrected chi connectivity index (χ0v) is 8.66. The van der Waals surface area contributed by atoms with Crippen molar-refractivity contribution in [1.82, 2.24) is 9.80 Å². The Morgan fingerprint density at radius 1 is 1.54 bits per heavy atom. The summed E-state index contributed by atoms with van der Waals surface area (Å²) in [5, 5.41) is 0. The molecule has 0 aromatic heterocycles. The standard InChI is InChI=1S/C9H19N3O/c1-7-6-11(3)4-5-12(7)8(2)9(10)13/h7-8H,4-6H2,1-3H3,(H2,10,13)/t7-,8?/m1/s1. The third-order valence-corrected chi connectivity index (χ3v) is 2.79. The number of nitrogens with two attached hydrogens (primary N) is 1. The van der Waals surface area contributed by atoms with Crippen molar-refractivity contribution in [3.63, 3.8) is 0 Å². The topological polar surface area (TPSA) is 49.6 Å². The van der Waals surface area contributed by atoms with Crippen LogP contribution in [0.25, 0.3) is 0 Å². The van der Waals surface area contributed by atoms with Crippen LogP contribution in [0.1, 0.15) is 13.8 Å². The van der Waals surface area contributed by atoms with Gasteiger partial charge in [0.05, 0.1) is 6.04 Å². The molecule has 4 nitrogen and oxygen atoms in total. The number of rotatable bonds is 2. The smallest absolute Gasteiger partial charge is 0.234 e. The van der Waals surface area contributed by atoms with E-state index < -0.39 is 0 Å². The maximum atomic E-state index is 11.0. The molecule has 2 N–H and O–H groups in total. The first-order valence-electron chi connectivity index (χ1n) is 4.76. The number of piperazine rings is 1.